The number of nitrogens with one attached hydrogen (secondary N) is 1. The standard InChI is InChI=1S/C11H14Br2N2O/c1-7(4-11(14)16)15-6-8-2-3-9(12)10(13)5-8/h2-3,5,7,15H,4,6H2,1H3,(H2,14,16). The number of halogens is 2. The summed E-state index contributed by atoms with van der Waals surface area (Å²) < 4.78 is 2.05. The van der Waals surface area contributed by atoms with Crippen LogP contribution in [0.1, 0.15) is 18.9 Å². The summed E-state index contributed by atoms with van der Waals surface area (Å²) in [4.78, 5) is 10.7. The van der Waals surface area contributed by atoms with E-state index in [0.717, 1.165) is 21.1 Å². The third-order valence-electron chi connectivity index (χ3n) is 2.15. The SMILES string of the molecule is CC(CC(N)=O)NCc1ccc(Br)c(Br)c1. The van der Waals surface area contributed by atoms with Crippen molar-refractivity contribution in [2.45, 2.75) is 25.9 Å². The first-order chi connectivity index (χ1) is 7.49. The molecule has 0 bridgehead atoms. The Labute approximate surface area is 112 Å². The van der Waals surface area contributed by atoms with E-state index in [1.165, 1.54) is 0 Å². The molecule has 1 rings (SSSR count). The van der Waals surface area contributed by atoms with E-state index in [9.17, 15) is 4.79 Å². The van der Waals surface area contributed by atoms with Crippen LogP contribution in [0, 0.1) is 0 Å². The number of nitrogens with two attached hydrogens (primary N) is 1. The van der Waals surface area contributed by atoms with E-state index in [4.69, 9.17) is 5.73 Å². The van der Waals surface area contributed by atoms with Gasteiger partial charge in [0.2, 0.25) is 5.91 Å². The van der Waals surface area contributed by atoms with E-state index in [-0.39, 0.29) is 11.9 Å². The zero-order valence-electron chi connectivity index (χ0n) is 8.97. The maximum absolute atomic E-state index is 10.7. The van der Waals surface area contributed by atoms with Crippen molar-refractivity contribution in [3.63, 3.8) is 0 Å². The minimum Gasteiger partial charge on any atom is -0.370 e. The van der Waals surface area contributed by atoms with Gasteiger partial charge in [-0.25, -0.2) is 0 Å². The predicted octanol–water partition coefficient (Wildman–Crippen LogP) is 2.57. The molecule has 0 aromatic heterocycles. The van der Waals surface area contributed by atoms with Crippen LogP contribution in [-0.4, -0.2) is 11.9 Å². The van der Waals surface area contributed by atoms with E-state index in [2.05, 4.69) is 37.2 Å². The molecule has 1 aromatic carbocycles. The van der Waals surface area contributed by atoms with E-state index >= 15 is 0 Å². The number of hydrogen-bond acceptors (Lipinski definition) is 2. The monoisotopic (exact) mass is 348 g/mol. The van der Waals surface area contributed by atoms with Gasteiger partial charge in [0.15, 0.2) is 0 Å². The van der Waals surface area contributed by atoms with Gasteiger partial charge in [-0.15, -0.1) is 0 Å². The number of benzene rings is 1. The van der Waals surface area contributed by atoms with E-state index in [1.807, 2.05) is 25.1 Å². The number of carbonyl (C=O) groups excluding carboxylic acids is 1. The molecular formula is C11H14Br2N2O. The summed E-state index contributed by atoms with van der Waals surface area (Å²) in [6, 6.07) is 6.15. The number of hydrogen-bond donors (Lipinski definition) is 2. The Kier molecular flexibility index (Phi) is 5.44. The third kappa shape index (κ3) is 4.63. The molecular weight excluding hydrogens is 336 g/mol. The van der Waals surface area contributed by atoms with E-state index in [1.54, 1.807) is 0 Å². The van der Waals surface area contributed by atoms with E-state index in [0.29, 0.717) is 6.42 Å². The van der Waals surface area contributed by atoms with E-state index < -0.39 is 0 Å². The van der Waals surface area contributed by atoms with Crippen molar-refractivity contribution >= 4 is 37.8 Å². The summed E-state index contributed by atoms with van der Waals surface area (Å²) >= 11 is 6.86. The Bertz CT molecular complexity index is 382. The number of rotatable bonds is 5. The van der Waals surface area contributed by atoms with Crippen LogP contribution >= 0.6 is 31.9 Å². The van der Waals surface area contributed by atoms with Gasteiger partial charge in [0, 0.05) is 28.0 Å². The molecule has 16 heavy (non-hydrogen) atoms. The molecule has 0 saturated carbocycles. The Morgan fingerprint density at radius 1 is 1.44 bits per heavy atom. The second-order valence-corrected chi connectivity index (χ2v) is 5.41. The van der Waals surface area contributed by atoms with Crippen molar-refractivity contribution in [2.75, 3.05) is 0 Å². The number of amides is 1. The Hall–Kier alpha value is -0.390. The second-order valence-electron chi connectivity index (χ2n) is 3.70. The van der Waals surface area contributed by atoms with Gasteiger partial charge in [0.25, 0.3) is 0 Å². The van der Waals surface area contributed by atoms with Crippen molar-refractivity contribution in [2.24, 2.45) is 5.73 Å². The van der Waals surface area contributed by atoms with Gasteiger partial charge >= 0.3 is 0 Å². The Morgan fingerprint density at radius 2 is 2.12 bits per heavy atom. The highest BCUT2D eigenvalue weighted by atomic mass is 79.9. The summed E-state index contributed by atoms with van der Waals surface area (Å²) in [6.45, 7) is 2.67. The summed E-state index contributed by atoms with van der Waals surface area (Å²) in [5, 5.41) is 3.24. The first-order valence-corrected chi connectivity index (χ1v) is 6.53. The molecule has 88 valence electrons. The Balaban J connectivity index is 2.48. The van der Waals surface area contributed by atoms with Crippen LogP contribution in [0.15, 0.2) is 27.1 Å². The molecule has 5 heteroatoms. The zero-order valence-corrected chi connectivity index (χ0v) is 12.1. The average molecular weight is 350 g/mol. The summed E-state index contributed by atoms with van der Waals surface area (Å²) in [7, 11) is 0. The van der Waals surface area contributed by atoms with Crippen LogP contribution in [0.25, 0.3) is 0 Å². The topological polar surface area (TPSA) is 55.1 Å². The van der Waals surface area contributed by atoms with Gasteiger partial charge in [-0.3, -0.25) is 4.79 Å². The minimum atomic E-state index is -0.281. The van der Waals surface area contributed by atoms with Crippen molar-refractivity contribution in [1.82, 2.24) is 5.32 Å². The highest BCUT2D eigenvalue weighted by Gasteiger charge is 2.05. The normalized spacial score (nSPS) is 12.4. The third-order valence-corrected chi connectivity index (χ3v) is 4.03. The summed E-state index contributed by atoms with van der Waals surface area (Å²) in [5.74, 6) is -0.281. The maximum Gasteiger partial charge on any atom is 0.218 e. The molecule has 0 aliphatic carbocycles. The molecule has 0 saturated heterocycles. The molecule has 1 unspecified atom stereocenters. The highest BCUT2D eigenvalue weighted by Crippen LogP contribution is 2.23. The van der Waals surface area contributed by atoms with Gasteiger partial charge in [-0.1, -0.05) is 6.07 Å². The molecule has 0 heterocycles. The lowest BCUT2D eigenvalue weighted by atomic mass is 10.2. The van der Waals surface area contributed by atoms with Gasteiger partial charge in [-0.05, 0) is 56.5 Å². The fourth-order valence-corrected chi connectivity index (χ4v) is 1.99. The molecule has 1 atom stereocenters. The molecule has 3 nitrogen and oxygen atoms in total. The van der Waals surface area contributed by atoms with Crippen LogP contribution in [0.5, 0.6) is 0 Å². The lowest BCUT2D eigenvalue weighted by Gasteiger charge is -2.12. The molecule has 3 N–H and O–H groups in total. The fraction of sp³-hybridized carbons (Fsp3) is 0.364. The first-order valence-electron chi connectivity index (χ1n) is 4.94. The lowest BCUT2D eigenvalue weighted by Crippen LogP contribution is -2.30. The first kappa shape index (κ1) is 13.7. The second kappa shape index (κ2) is 6.37. The number of primary amides is 1. The van der Waals surface area contributed by atoms with Crippen molar-refractivity contribution in [3.05, 3.63) is 32.7 Å². The molecule has 0 aliphatic rings. The zero-order chi connectivity index (χ0) is 12.1. The van der Waals surface area contributed by atoms with Gasteiger partial charge in [0.1, 0.15) is 0 Å². The minimum absolute atomic E-state index is 0.0972. The molecule has 0 fully saturated rings. The maximum atomic E-state index is 10.7. The van der Waals surface area contributed by atoms with Crippen molar-refractivity contribution < 1.29 is 4.79 Å². The smallest absolute Gasteiger partial charge is 0.218 e. The molecule has 1 amide bonds. The molecule has 1 aromatic rings. The number of carbonyl (C=O) groups is 1. The van der Waals surface area contributed by atoms with Crippen molar-refractivity contribution in [1.29, 1.82) is 0 Å². The highest BCUT2D eigenvalue weighted by molar-refractivity contribution is 9.13. The fourth-order valence-electron chi connectivity index (χ4n) is 1.32. The van der Waals surface area contributed by atoms with Crippen LogP contribution in [0.3, 0.4) is 0 Å². The van der Waals surface area contributed by atoms with Gasteiger partial charge < -0.3 is 11.1 Å². The lowest BCUT2D eigenvalue weighted by molar-refractivity contribution is -0.118. The predicted molar refractivity (Wildman–Crippen MR) is 72.0 cm³/mol. The van der Waals surface area contributed by atoms with Crippen LogP contribution in [0.2, 0.25) is 0 Å². The summed E-state index contributed by atoms with van der Waals surface area (Å²) in [5.41, 5.74) is 6.27. The van der Waals surface area contributed by atoms with Gasteiger partial charge in [0.05, 0.1) is 0 Å². The Morgan fingerprint density at radius 3 is 2.69 bits per heavy atom. The van der Waals surface area contributed by atoms with Crippen LogP contribution in [0.4, 0.5) is 0 Å². The van der Waals surface area contributed by atoms with Crippen LogP contribution in [-0.2, 0) is 11.3 Å². The average Bonchev–Trinajstić information content (AvgIpc) is 2.19. The molecule has 0 spiro atoms. The van der Waals surface area contributed by atoms with Gasteiger partial charge in [-0.2, -0.15) is 0 Å². The molecule has 0 radical (unpaired) electrons. The molecule has 0 aliphatic heterocycles. The quantitative estimate of drug-likeness (QED) is 0.858. The largest absolute Gasteiger partial charge is 0.370 e. The summed E-state index contributed by atoms with van der Waals surface area (Å²) in [6.07, 6.45) is 0.359. The van der Waals surface area contributed by atoms with Crippen LogP contribution < -0.4 is 11.1 Å². The van der Waals surface area contributed by atoms with Crippen molar-refractivity contribution in [3.8, 4) is 0 Å².